The molecule has 0 N–H and O–H groups in total. The van der Waals surface area contributed by atoms with Gasteiger partial charge in [-0.2, -0.15) is 0 Å². The lowest BCUT2D eigenvalue weighted by atomic mass is 10.4. The minimum atomic E-state index is -1.95. The van der Waals surface area contributed by atoms with Gasteiger partial charge < -0.3 is 18.3 Å². The van der Waals surface area contributed by atoms with Crippen LogP contribution in [-0.2, 0) is 18.3 Å². The van der Waals surface area contributed by atoms with Gasteiger partial charge in [0.25, 0.3) is 0 Å². The zero-order valence-corrected chi connectivity index (χ0v) is 13.0. The molecule has 0 amide bonds. The molecule has 1 unspecified atom stereocenters. The molecule has 0 aromatic rings. The van der Waals surface area contributed by atoms with Crippen LogP contribution in [0.2, 0.25) is 12.6 Å². The van der Waals surface area contributed by atoms with E-state index in [9.17, 15) is 0 Å². The van der Waals surface area contributed by atoms with Gasteiger partial charge >= 0.3 is 8.56 Å². The lowest BCUT2D eigenvalue weighted by Crippen LogP contribution is -2.38. The molecule has 0 saturated carbocycles. The van der Waals surface area contributed by atoms with Crippen LogP contribution < -0.4 is 0 Å². The van der Waals surface area contributed by atoms with Crippen molar-refractivity contribution in [2.75, 3.05) is 33.5 Å². The third-order valence-corrected chi connectivity index (χ3v) is 5.63. The van der Waals surface area contributed by atoms with Crippen LogP contribution in [0.4, 0.5) is 0 Å². The first-order chi connectivity index (χ1) is 8.08. The average Bonchev–Trinajstić information content (AvgIpc) is 2.29. The van der Waals surface area contributed by atoms with Crippen LogP contribution >= 0.6 is 0 Å². The van der Waals surface area contributed by atoms with E-state index in [1.165, 1.54) is 0 Å². The second kappa shape index (κ2) is 10.0. The van der Waals surface area contributed by atoms with E-state index in [0.717, 1.165) is 32.3 Å². The van der Waals surface area contributed by atoms with E-state index in [0.29, 0.717) is 6.61 Å². The summed E-state index contributed by atoms with van der Waals surface area (Å²) in [4.78, 5) is 0. The third-order valence-electron chi connectivity index (χ3n) is 2.57. The van der Waals surface area contributed by atoms with Crippen molar-refractivity contribution in [1.29, 1.82) is 0 Å². The molecule has 0 aliphatic carbocycles. The van der Waals surface area contributed by atoms with Gasteiger partial charge in [0.2, 0.25) is 0 Å². The monoisotopic (exact) mass is 264 g/mol. The number of hydrogen-bond donors (Lipinski definition) is 0. The Bertz CT molecular complexity index is 172. The fraction of sp³-hybridized carbons (Fsp3) is 1.00. The van der Waals surface area contributed by atoms with Crippen LogP contribution in [0, 0.1) is 0 Å². The standard InChI is InChI=1S/C12H28O4Si/c1-6-15-17(5,16-7-2)10-8-9-14-11-12(3)13-4/h12H,6-11H2,1-5H3. The van der Waals surface area contributed by atoms with E-state index in [4.69, 9.17) is 18.3 Å². The van der Waals surface area contributed by atoms with E-state index in [2.05, 4.69) is 6.55 Å². The highest BCUT2D eigenvalue weighted by Gasteiger charge is 2.29. The van der Waals surface area contributed by atoms with Gasteiger partial charge in [-0.25, -0.2) is 0 Å². The average molecular weight is 264 g/mol. The summed E-state index contributed by atoms with van der Waals surface area (Å²) in [6.45, 7) is 11.0. The molecule has 0 aliphatic heterocycles. The van der Waals surface area contributed by atoms with Crippen molar-refractivity contribution in [1.82, 2.24) is 0 Å². The van der Waals surface area contributed by atoms with Crippen LogP contribution in [-0.4, -0.2) is 48.2 Å². The SMILES string of the molecule is CCO[Si](C)(CCCOCC(C)OC)OCC. The second-order valence-electron chi connectivity index (χ2n) is 4.22. The van der Waals surface area contributed by atoms with E-state index in [1.54, 1.807) is 7.11 Å². The van der Waals surface area contributed by atoms with Crippen molar-refractivity contribution < 1.29 is 18.3 Å². The van der Waals surface area contributed by atoms with Crippen molar-refractivity contribution in [3.63, 3.8) is 0 Å². The lowest BCUT2D eigenvalue weighted by Gasteiger charge is -2.25. The molecule has 0 aromatic heterocycles. The van der Waals surface area contributed by atoms with Crippen molar-refractivity contribution in [3.05, 3.63) is 0 Å². The Morgan fingerprint density at radius 1 is 1.12 bits per heavy atom. The summed E-state index contributed by atoms with van der Waals surface area (Å²) in [7, 11) is -0.250. The number of methoxy groups -OCH3 is 1. The van der Waals surface area contributed by atoms with E-state index in [1.807, 2.05) is 20.8 Å². The topological polar surface area (TPSA) is 36.9 Å². The summed E-state index contributed by atoms with van der Waals surface area (Å²) >= 11 is 0. The first-order valence-electron chi connectivity index (χ1n) is 6.46. The molecule has 0 rings (SSSR count). The maximum Gasteiger partial charge on any atom is 0.334 e. The summed E-state index contributed by atoms with van der Waals surface area (Å²) in [5, 5.41) is 0. The van der Waals surface area contributed by atoms with Crippen molar-refractivity contribution in [3.8, 4) is 0 Å². The fourth-order valence-electron chi connectivity index (χ4n) is 1.61. The number of ether oxygens (including phenoxy) is 2. The highest BCUT2D eigenvalue weighted by atomic mass is 28.4. The zero-order valence-electron chi connectivity index (χ0n) is 12.0. The first kappa shape index (κ1) is 17.1. The molecule has 0 saturated heterocycles. The predicted octanol–water partition coefficient (Wildman–Crippen LogP) is 2.57. The van der Waals surface area contributed by atoms with Crippen LogP contribution in [0.25, 0.3) is 0 Å². The molecule has 104 valence electrons. The van der Waals surface area contributed by atoms with Gasteiger partial charge in [0.1, 0.15) is 0 Å². The molecule has 17 heavy (non-hydrogen) atoms. The Labute approximate surface area is 107 Å². The minimum absolute atomic E-state index is 0.164. The Morgan fingerprint density at radius 2 is 1.71 bits per heavy atom. The quantitative estimate of drug-likeness (QED) is 0.424. The maximum absolute atomic E-state index is 5.76. The van der Waals surface area contributed by atoms with Crippen molar-refractivity contribution >= 4 is 8.56 Å². The van der Waals surface area contributed by atoms with Gasteiger partial charge in [-0.15, -0.1) is 0 Å². The zero-order chi connectivity index (χ0) is 13.1. The molecular formula is C12H28O4Si. The normalized spacial score (nSPS) is 13.9. The number of hydrogen-bond acceptors (Lipinski definition) is 4. The van der Waals surface area contributed by atoms with Crippen molar-refractivity contribution in [2.45, 2.75) is 45.9 Å². The van der Waals surface area contributed by atoms with Gasteiger partial charge in [-0.05, 0) is 39.8 Å². The molecule has 0 bridgehead atoms. The summed E-state index contributed by atoms with van der Waals surface area (Å²) in [5.74, 6) is 0. The van der Waals surface area contributed by atoms with Crippen LogP contribution in [0.1, 0.15) is 27.2 Å². The minimum Gasteiger partial charge on any atom is -0.395 e. The summed E-state index contributed by atoms with van der Waals surface area (Å²) in [5.41, 5.74) is 0. The smallest absolute Gasteiger partial charge is 0.334 e. The summed E-state index contributed by atoms with van der Waals surface area (Å²) in [6.07, 6.45) is 1.15. The van der Waals surface area contributed by atoms with Crippen LogP contribution in [0.3, 0.4) is 0 Å². The Morgan fingerprint density at radius 3 is 2.18 bits per heavy atom. The van der Waals surface area contributed by atoms with Gasteiger partial charge in [-0.3, -0.25) is 0 Å². The van der Waals surface area contributed by atoms with Crippen LogP contribution in [0.5, 0.6) is 0 Å². The molecule has 0 spiro atoms. The largest absolute Gasteiger partial charge is 0.395 e. The molecule has 0 radical (unpaired) electrons. The fourth-order valence-corrected chi connectivity index (χ4v) is 3.99. The third kappa shape index (κ3) is 8.74. The summed E-state index contributed by atoms with van der Waals surface area (Å²) in [6, 6.07) is 0.982. The second-order valence-corrected chi connectivity index (χ2v) is 7.57. The van der Waals surface area contributed by atoms with Gasteiger partial charge in [0, 0.05) is 26.9 Å². The lowest BCUT2D eigenvalue weighted by molar-refractivity contribution is 0.0182. The van der Waals surface area contributed by atoms with Gasteiger partial charge in [-0.1, -0.05) is 0 Å². The van der Waals surface area contributed by atoms with E-state index < -0.39 is 8.56 Å². The Kier molecular flexibility index (Phi) is 10.1. The molecule has 4 nitrogen and oxygen atoms in total. The molecule has 0 aromatic carbocycles. The molecule has 0 aliphatic rings. The Balaban J connectivity index is 3.67. The van der Waals surface area contributed by atoms with E-state index >= 15 is 0 Å². The van der Waals surface area contributed by atoms with Gasteiger partial charge in [0.05, 0.1) is 12.7 Å². The first-order valence-corrected chi connectivity index (χ1v) is 8.98. The summed E-state index contributed by atoms with van der Waals surface area (Å²) < 4.78 is 22.1. The molecule has 1 atom stereocenters. The molecule has 0 fully saturated rings. The molecule has 5 heteroatoms. The highest BCUT2D eigenvalue weighted by Crippen LogP contribution is 2.15. The highest BCUT2D eigenvalue weighted by molar-refractivity contribution is 6.66. The van der Waals surface area contributed by atoms with Crippen molar-refractivity contribution in [2.24, 2.45) is 0 Å². The number of rotatable bonds is 11. The van der Waals surface area contributed by atoms with Crippen LogP contribution in [0.15, 0.2) is 0 Å². The maximum atomic E-state index is 5.76. The molecular weight excluding hydrogens is 236 g/mol. The van der Waals surface area contributed by atoms with Gasteiger partial charge in [0.15, 0.2) is 0 Å². The molecule has 0 heterocycles. The Hall–Kier alpha value is 0.0569. The predicted molar refractivity (Wildman–Crippen MR) is 71.6 cm³/mol. The van der Waals surface area contributed by atoms with E-state index in [-0.39, 0.29) is 6.10 Å².